The van der Waals surface area contributed by atoms with E-state index < -0.39 is 0 Å². The second-order valence-corrected chi connectivity index (χ2v) is 5.82. The molecule has 1 aliphatic rings. The molecule has 1 aliphatic heterocycles. The number of aliphatic hydroxyl groups is 1. The molecule has 0 radical (unpaired) electrons. The minimum Gasteiger partial charge on any atom is -0.393 e. The van der Waals surface area contributed by atoms with Crippen LogP contribution in [0.15, 0.2) is 11.4 Å². The predicted octanol–water partition coefficient (Wildman–Crippen LogP) is 2.25. The standard InChI is InChI=1S/C12H18N2O3S/c1-9(15)11-3-2-4-13(7-11)6-10-5-12(14(16)17)18-8-10/h5,8-9,11,15H,2-4,6-7H2,1H3. The summed E-state index contributed by atoms with van der Waals surface area (Å²) in [7, 11) is 0. The zero-order chi connectivity index (χ0) is 13.1. The Labute approximate surface area is 110 Å². The Morgan fingerprint density at radius 3 is 3.11 bits per heavy atom. The molecule has 0 bridgehead atoms. The maximum Gasteiger partial charge on any atom is 0.324 e. The van der Waals surface area contributed by atoms with Crippen LogP contribution in [-0.2, 0) is 6.54 Å². The van der Waals surface area contributed by atoms with Gasteiger partial charge in [-0.15, -0.1) is 0 Å². The van der Waals surface area contributed by atoms with Crippen LogP contribution in [0, 0.1) is 16.0 Å². The molecule has 5 nitrogen and oxygen atoms in total. The first-order valence-electron chi connectivity index (χ1n) is 6.18. The Kier molecular flexibility index (Phi) is 4.31. The Balaban J connectivity index is 1.94. The van der Waals surface area contributed by atoms with Crippen molar-refractivity contribution in [2.45, 2.75) is 32.4 Å². The fourth-order valence-electron chi connectivity index (χ4n) is 2.43. The molecular weight excluding hydrogens is 252 g/mol. The molecule has 0 aliphatic carbocycles. The van der Waals surface area contributed by atoms with Crippen molar-refractivity contribution >= 4 is 16.3 Å². The zero-order valence-electron chi connectivity index (χ0n) is 10.4. The van der Waals surface area contributed by atoms with Gasteiger partial charge >= 0.3 is 5.00 Å². The summed E-state index contributed by atoms with van der Waals surface area (Å²) in [6, 6.07) is 1.65. The largest absolute Gasteiger partial charge is 0.393 e. The summed E-state index contributed by atoms with van der Waals surface area (Å²) < 4.78 is 0. The Morgan fingerprint density at radius 2 is 2.50 bits per heavy atom. The summed E-state index contributed by atoms with van der Waals surface area (Å²) in [5.41, 5.74) is 0.998. The summed E-state index contributed by atoms with van der Waals surface area (Å²) in [5.74, 6) is 0.326. The first-order valence-corrected chi connectivity index (χ1v) is 7.06. The minimum absolute atomic E-state index is 0.203. The van der Waals surface area contributed by atoms with Gasteiger partial charge in [-0.1, -0.05) is 11.3 Å². The highest BCUT2D eigenvalue weighted by Gasteiger charge is 2.24. The predicted molar refractivity (Wildman–Crippen MR) is 70.7 cm³/mol. The molecule has 18 heavy (non-hydrogen) atoms. The first kappa shape index (κ1) is 13.5. The van der Waals surface area contributed by atoms with Crippen molar-refractivity contribution in [2.24, 2.45) is 5.92 Å². The number of nitrogens with zero attached hydrogens (tertiary/aromatic N) is 2. The average Bonchev–Trinajstić information content (AvgIpc) is 2.78. The first-order chi connectivity index (χ1) is 8.56. The molecule has 1 saturated heterocycles. The molecule has 6 heteroatoms. The lowest BCUT2D eigenvalue weighted by Gasteiger charge is -2.33. The van der Waals surface area contributed by atoms with Crippen molar-refractivity contribution in [3.63, 3.8) is 0 Å². The third kappa shape index (κ3) is 3.28. The van der Waals surface area contributed by atoms with Gasteiger partial charge in [0.2, 0.25) is 0 Å². The second kappa shape index (κ2) is 5.77. The van der Waals surface area contributed by atoms with Crippen LogP contribution >= 0.6 is 11.3 Å². The molecular formula is C12H18N2O3S. The number of thiophene rings is 1. The smallest absolute Gasteiger partial charge is 0.324 e. The topological polar surface area (TPSA) is 66.6 Å². The van der Waals surface area contributed by atoms with Crippen molar-refractivity contribution < 1.29 is 10.0 Å². The Bertz CT molecular complexity index is 419. The van der Waals surface area contributed by atoms with Gasteiger partial charge in [0.15, 0.2) is 0 Å². The third-order valence-corrected chi connectivity index (χ3v) is 4.38. The van der Waals surface area contributed by atoms with Gasteiger partial charge in [-0.05, 0) is 37.8 Å². The van der Waals surface area contributed by atoms with Crippen LogP contribution in [0.5, 0.6) is 0 Å². The quantitative estimate of drug-likeness (QED) is 0.673. The van der Waals surface area contributed by atoms with E-state index in [-0.39, 0.29) is 16.0 Å². The summed E-state index contributed by atoms with van der Waals surface area (Å²) in [6.07, 6.45) is 1.88. The van der Waals surface area contributed by atoms with Crippen molar-refractivity contribution in [1.29, 1.82) is 0 Å². The van der Waals surface area contributed by atoms with Crippen LogP contribution in [-0.4, -0.2) is 34.1 Å². The van der Waals surface area contributed by atoms with E-state index >= 15 is 0 Å². The van der Waals surface area contributed by atoms with E-state index in [0.29, 0.717) is 5.92 Å². The molecule has 1 N–H and O–H groups in total. The monoisotopic (exact) mass is 270 g/mol. The van der Waals surface area contributed by atoms with Gasteiger partial charge in [-0.25, -0.2) is 0 Å². The van der Waals surface area contributed by atoms with Crippen molar-refractivity contribution in [2.75, 3.05) is 13.1 Å². The lowest BCUT2D eigenvalue weighted by Crippen LogP contribution is -2.38. The van der Waals surface area contributed by atoms with Crippen LogP contribution < -0.4 is 0 Å². The molecule has 2 unspecified atom stereocenters. The maximum atomic E-state index is 10.6. The van der Waals surface area contributed by atoms with Gasteiger partial charge in [0.25, 0.3) is 0 Å². The van der Waals surface area contributed by atoms with Crippen LogP contribution in [0.2, 0.25) is 0 Å². The van der Waals surface area contributed by atoms with Gasteiger partial charge in [0.05, 0.1) is 11.0 Å². The van der Waals surface area contributed by atoms with Crippen molar-refractivity contribution in [3.8, 4) is 0 Å². The number of hydrogen-bond acceptors (Lipinski definition) is 5. The van der Waals surface area contributed by atoms with Crippen molar-refractivity contribution in [1.82, 2.24) is 4.90 Å². The average molecular weight is 270 g/mol. The van der Waals surface area contributed by atoms with E-state index in [9.17, 15) is 15.2 Å². The number of likely N-dealkylation sites (tertiary alicyclic amines) is 1. The number of hydrogen-bond donors (Lipinski definition) is 1. The zero-order valence-corrected chi connectivity index (χ0v) is 11.2. The Morgan fingerprint density at radius 1 is 1.72 bits per heavy atom. The van der Waals surface area contributed by atoms with E-state index in [4.69, 9.17) is 0 Å². The number of nitro groups is 1. The second-order valence-electron chi connectivity index (χ2n) is 4.93. The number of aliphatic hydroxyl groups excluding tert-OH is 1. The highest BCUT2D eigenvalue weighted by molar-refractivity contribution is 7.13. The lowest BCUT2D eigenvalue weighted by atomic mass is 9.93. The SMILES string of the molecule is CC(O)C1CCCN(Cc2csc([N+](=O)[O-])c2)C1. The fourth-order valence-corrected chi connectivity index (χ4v) is 3.15. The summed E-state index contributed by atoms with van der Waals surface area (Å²) in [6.45, 7) is 4.46. The number of piperidine rings is 1. The van der Waals surface area contributed by atoms with E-state index in [1.165, 1.54) is 11.3 Å². The minimum atomic E-state index is -0.344. The van der Waals surface area contributed by atoms with Crippen LogP contribution in [0.1, 0.15) is 25.3 Å². The normalized spacial score (nSPS) is 22.9. The van der Waals surface area contributed by atoms with Gasteiger partial charge in [-0.2, -0.15) is 0 Å². The lowest BCUT2D eigenvalue weighted by molar-refractivity contribution is -0.380. The summed E-state index contributed by atoms with van der Waals surface area (Å²) in [4.78, 5) is 12.5. The fraction of sp³-hybridized carbons (Fsp3) is 0.667. The van der Waals surface area contributed by atoms with Gasteiger partial charge in [-0.3, -0.25) is 15.0 Å². The molecule has 0 aromatic carbocycles. The summed E-state index contributed by atoms with van der Waals surface area (Å²) in [5, 5.41) is 22.3. The van der Waals surface area contributed by atoms with Crippen molar-refractivity contribution in [3.05, 3.63) is 27.1 Å². The van der Waals surface area contributed by atoms with E-state index in [2.05, 4.69) is 4.90 Å². The molecule has 1 fully saturated rings. The van der Waals surface area contributed by atoms with Gasteiger partial charge in [0, 0.05) is 24.5 Å². The molecule has 100 valence electrons. The molecule has 1 aromatic rings. The maximum absolute atomic E-state index is 10.6. The number of rotatable bonds is 4. The van der Waals surface area contributed by atoms with Gasteiger partial charge < -0.3 is 5.11 Å². The molecule has 0 spiro atoms. The highest BCUT2D eigenvalue weighted by Crippen LogP contribution is 2.26. The molecule has 2 rings (SSSR count). The van der Waals surface area contributed by atoms with Gasteiger partial charge in [0.1, 0.15) is 0 Å². The summed E-state index contributed by atoms with van der Waals surface area (Å²) >= 11 is 1.18. The highest BCUT2D eigenvalue weighted by atomic mass is 32.1. The molecule has 2 heterocycles. The third-order valence-electron chi connectivity index (χ3n) is 3.45. The van der Waals surface area contributed by atoms with Crippen LogP contribution in [0.25, 0.3) is 0 Å². The van der Waals surface area contributed by atoms with E-state index in [1.807, 2.05) is 12.3 Å². The molecule has 2 atom stereocenters. The molecule has 0 amide bonds. The molecule has 1 aromatic heterocycles. The van der Waals surface area contributed by atoms with Crippen LogP contribution in [0.4, 0.5) is 5.00 Å². The molecule has 0 saturated carbocycles. The van der Waals surface area contributed by atoms with E-state index in [1.54, 1.807) is 6.07 Å². The van der Waals surface area contributed by atoms with Crippen LogP contribution in [0.3, 0.4) is 0 Å². The Hall–Kier alpha value is -0.980. The van der Waals surface area contributed by atoms with E-state index in [0.717, 1.165) is 38.0 Å².